The lowest BCUT2D eigenvalue weighted by molar-refractivity contribution is -0.141. The van der Waals surface area contributed by atoms with E-state index in [-0.39, 0.29) is 11.7 Å². The molecule has 1 saturated carbocycles. The number of nitrogens with zero attached hydrogens (tertiary/aromatic N) is 2. The van der Waals surface area contributed by atoms with Gasteiger partial charge in [0, 0.05) is 42.5 Å². The molecule has 6 heteroatoms. The molecule has 128 valence electrons. The van der Waals surface area contributed by atoms with Crippen LogP contribution < -0.4 is 0 Å². The number of ketones is 1. The first-order valence-electron chi connectivity index (χ1n) is 8.74. The number of hydrogen-bond acceptors (Lipinski definition) is 4. The lowest BCUT2D eigenvalue weighted by Crippen LogP contribution is -2.57. The van der Waals surface area contributed by atoms with Gasteiger partial charge in [-0.15, -0.1) is 11.3 Å². The van der Waals surface area contributed by atoms with Gasteiger partial charge in [0.2, 0.25) is 5.91 Å². The molecule has 0 spiro atoms. The van der Waals surface area contributed by atoms with Crippen LogP contribution in [0.1, 0.15) is 59.1 Å². The predicted octanol–water partition coefficient (Wildman–Crippen LogP) is 2.57. The van der Waals surface area contributed by atoms with Gasteiger partial charge in [-0.1, -0.05) is 0 Å². The summed E-state index contributed by atoms with van der Waals surface area (Å²) in [5, 5.41) is 1.76. The van der Waals surface area contributed by atoms with Crippen molar-refractivity contribution >= 4 is 28.9 Å². The van der Waals surface area contributed by atoms with Crippen LogP contribution in [-0.2, 0) is 4.79 Å². The van der Waals surface area contributed by atoms with E-state index in [0.717, 1.165) is 32.2 Å². The molecule has 0 unspecified atom stereocenters. The molecule has 3 heterocycles. The van der Waals surface area contributed by atoms with Crippen molar-refractivity contribution in [2.75, 3.05) is 13.1 Å². The van der Waals surface area contributed by atoms with Gasteiger partial charge in [0.05, 0.1) is 4.88 Å². The lowest BCUT2D eigenvalue weighted by atomic mass is 9.83. The molecular formula is C18H22N2O3S. The number of amides is 2. The number of hydrogen-bond donors (Lipinski definition) is 0. The summed E-state index contributed by atoms with van der Waals surface area (Å²) in [4.78, 5) is 41.1. The number of thiophene rings is 1. The Morgan fingerprint density at radius 2 is 2.00 bits per heavy atom. The molecule has 2 atom stereocenters. The summed E-state index contributed by atoms with van der Waals surface area (Å²) in [5.41, 5.74) is 0.612. The van der Waals surface area contributed by atoms with Crippen LogP contribution in [0, 0.1) is 5.92 Å². The van der Waals surface area contributed by atoms with Crippen molar-refractivity contribution in [3.63, 3.8) is 0 Å². The summed E-state index contributed by atoms with van der Waals surface area (Å²) < 4.78 is 0. The fourth-order valence-electron chi connectivity index (χ4n) is 4.09. The molecule has 1 aromatic heterocycles. The highest BCUT2D eigenvalue weighted by atomic mass is 32.1. The van der Waals surface area contributed by atoms with Crippen LogP contribution in [0.3, 0.4) is 0 Å². The summed E-state index contributed by atoms with van der Waals surface area (Å²) >= 11 is 1.35. The SMILES string of the molecule is CC(=O)c1csc(C(=O)N2CC[C@H]3[C@H](CCC(=O)N3C3CC3)C2)c1. The average molecular weight is 346 g/mol. The Morgan fingerprint density at radius 3 is 2.67 bits per heavy atom. The first-order chi connectivity index (χ1) is 11.5. The predicted molar refractivity (Wildman–Crippen MR) is 91.2 cm³/mol. The van der Waals surface area contributed by atoms with Crippen molar-refractivity contribution in [1.29, 1.82) is 0 Å². The molecule has 2 aliphatic heterocycles. The van der Waals surface area contributed by atoms with Crippen LogP contribution in [0.2, 0.25) is 0 Å². The first kappa shape index (κ1) is 15.8. The fraction of sp³-hybridized carbons (Fsp3) is 0.611. The molecule has 1 aromatic rings. The van der Waals surface area contributed by atoms with Gasteiger partial charge in [-0.25, -0.2) is 0 Å². The standard InChI is InChI=1S/C18H22N2O3S/c1-11(21)13-8-16(24-10-13)18(23)19-7-6-15-12(9-19)2-5-17(22)20(15)14-3-4-14/h8,10,12,14-15H,2-7,9H2,1H3/t12-,15+/m1/s1. The van der Waals surface area contributed by atoms with E-state index in [2.05, 4.69) is 4.90 Å². The molecule has 3 fully saturated rings. The second-order valence-electron chi connectivity index (χ2n) is 7.19. The minimum atomic E-state index is -0.00474. The van der Waals surface area contributed by atoms with E-state index in [1.807, 2.05) is 4.90 Å². The molecule has 2 amide bonds. The van der Waals surface area contributed by atoms with Crippen LogP contribution in [-0.4, -0.2) is 52.6 Å². The smallest absolute Gasteiger partial charge is 0.263 e. The van der Waals surface area contributed by atoms with E-state index in [0.29, 0.717) is 47.3 Å². The third-order valence-corrected chi connectivity index (χ3v) is 6.43. The van der Waals surface area contributed by atoms with E-state index in [4.69, 9.17) is 0 Å². The number of carbonyl (C=O) groups excluding carboxylic acids is 3. The average Bonchev–Trinajstić information content (AvgIpc) is 3.28. The van der Waals surface area contributed by atoms with E-state index >= 15 is 0 Å². The molecule has 1 aliphatic carbocycles. The summed E-state index contributed by atoms with van der Waals surface area (Å²) in [5.74, 6) is 0.729. The topological polar surface area (TPSA) is 57.7 Å². The van der Waals surface area contributed by atoms with Crippen molar-refractivity contribution in [3.8, 4) is 0 Å². The molecule has 24 heavy (non-hydrogen) atoms. The third-order valence-electron chi connectivity index (χ3n) is 5.51. The maximum Gasteiger partial charge on any atom is 0.263 e. The monoisotopic (exact) mass is 346 g/mol. The number of likely N-dealkylation sites (tertiary alicyclic amines) is 2. The van der Waals surface area contributed by atoms with Gasteiger partial charge < -0.3 is 9.80 Å². The van der Waals surface area contributed by atoms with Crippen LogP contribution in [0.4, 0.5) is 0 Å². The molecule has 4 rings (SSSR count). The lowest BCUT2D eigenvalue weighted by Gasteiger charge is -2.47. The molecule has 0 N–H and O–H groups in total. The maximum atomic E-state index is 12.7. The molecule has 2 saturated heterocycles. The summed E-state index contributed by atoms with van der Waals surface area (Å²) in [6.45, 7) is 2.95. The van der Waals surface area contributed by atoms with E-state index in [1.165, 1.54) is 18.3 Å². The quantitative estimate of drug-likeness (QED) is 0.791. The summed E-state index contributed by atoms with van der Waals surface area (Å²) in [6, 6.07) is 2.49. The van der Waals surface area contributed by atoms with Gasteiger partial charge in [0.1, 0.15) is 0 Å². The van der Waals surface area contributed by atoms with E-state index < -0.39 is 0 Å². The Hall–Kier alpha value is -1.69. The second-order valence-corrected chi connectivity index (χ2v) is 8.11. The van der Waals surface area contributed by atoms with Gasteiger partial charge in [0.15, 0.2) is 5.78 Å². The molecule has 3 aliphatic rings. The number of Topliss-reactive ketones (excluding diaryl/α,β-unsaturated/α-hetero) is 1. The van der Waals surface area contributed by atoms with Crippen molar-refractivity contribution in [1.82, 2.24) is 9.80 Å². The van der Waals surface area contributed by atoms with E-state index in [1.54, 1.807) is 11.4 Å². The zero-order chi connectivity index (χ0) is 16.8. The minimum absolute atomic E-state index is 0.00474. The van der Waals surface area contributed by atoms with Crippen molar-refractivity contribution in [3.05, 3.63) is 21.9 Å². The molecule has 5 nitrogen and oxygen atoms in total. The largest absolute Gasteiger partial charge is 0.338 e. The highest BCUT2D eigenvalue weighted by Gasteiger charge is 2.45. The van der Waals surface area contributed by atoms with Crippen LogP contribution >= 0.6 is 11.3 Å². The Bertz CT molecular complexity index is 694. The van der Waals surface area contributed by atoms with E-state index in [9.17, 15) is 14.4 Å². The van der Waals surface area contributed by atoms with Gasteiger partial charge in [0.25, 0.3) is 5.91 Å². The fourth-order valence-corrected chi connectivity index (χ4v) is 5.01. The Morgan fingerprint density at radius 1 is 1.21 bits per heavy atom. The van der Waals surface area contributed by atoms with Crippen LogP contribution in [0.5, 0.6) is 0 Å². The van der Waals surface area contributed by atoms with Crippen molar-refractivity contribution < 1.29 is 14.4 Å². The highest BCUT2D eigenvalue weighted by molar-refractivity contribution is 7.12. The Labute approximate surface area is 145 Å². The van der Waals surface area contributed by atoms with Crippen LogP contribution in [0.25, 0.3) is 0 Å². The molecular weight excluding hydrogens is 324 g/mol. The Kier molecular flexibility index (Phi) is 3.95. The zero-order valence-corrected chi connectivity index (χ0v) is 14.7. The number of carbonyl (C=O) groups is 3. The van der Waals surface area contributed by atoms with Gasteiger partial charge in [-0.2, -0.15) is 0 Å². The van der Waals surface area contributed by atoms with Gasteiger partial charge in [-0.3, -0.25) is 14.4 Å². The number of piperidine rings is 2. The first-order valence-corrected chi connectivity index (χ1v) is 9.62. The molecule has 0 aromatic carbocycles. The number of rotatable bonds is 3. The van der Waals surface area contributed by atoms with Gasteiger partial charge >= 0.3 is 0 Å². The number of fused-ring (bicyclic) bond motifs is 1. The normalized spacial score (nSPS) is 27.1. The highest BCUT2D eigenvalue weighted by Crippen LogP contribution is 2.39. The third kappa shape index (κ3) is 2.77. The minimum Gasteiger partial charge on any atom is -0.338 e. The summed E-state index contributed by atoms with van der Waals surface area (Å²) in [7, 11) is 0. The van der Waals surface area contributed by atoms with Gasteiger partial charge in [-0.05, 0) is 44.6 Å². The Balaban J connectivity index is 1.46. The zero-order valence-electron chi connectivity index (χ0n) is 13.9. The maximum absolute atomic E-state index is 12.7. The second kappa shape index (κ2) is 5.99. The van der Waals surface area contributed by atoms with Crippen molar-refractivity contribution in [2.24, 2.45) is 5.92 Å². The molecule has 0 bridgehead atoms. The van der Waals surface area contributed by atoms with Crippen molar-refractivity contribution in [2.45, 2.75) is 51.1 Å². The summed E-state index contributed by atoms with van der Waals surface area (Å²) in [6.07, 6.45) is 4.66. The molecule has 0 radical (unpaired) electrons. The van der Waals surface area contributed by atoms with Crippen LogP contribution in [0.15, 0.2) is 11.4 Å².